The smallest absolute Gasteiger partial charge is 0.330 e. The van der Waals surface area contributed by atoms with E-state index in [2.05, 4.69) is 10.6 Å². The second-order valence-corrected chi connectivity index (χ2v) is 5.48. The lowest BCUT2D eigenvalue weighted by molar-refractivity contribution is -0.137. The molecule has 0 spiro atoms. The van der Waals surface area contributed by atoms with E-state index in [1.807, 2.05) is 26.0 Å². The van der Waals surface area contributed by atoms with E-state index in [1.165, 1.54) is 6.08 Å². The Balaban J connectivity index is 1.87. The number of furan rings is 1. The molecule has 0 radical (unpaired) electrons. The zero-order valence-electron chi connectivity index (χ0n) is 14.5. The number of ether oxygens (including phenoxy) is 1. The third-order valence-corrected chi connectivity index (χ3v) is 3.40. The quantitative estimate of drug-likeness (QED) is 0.613. The molecule has 0 fully saturated rings. The van der Waals surface area contributed by atoms with Crippen LogP contribution >= 0.6 is 0 Å². The number of urea groups is 1. The standard InChI is InChI=1S/C19H22N2O4/c1-4-24-18(22)12-8-15-6-9-16(10-7-15)21-19(23)20-14(3)17-11-5-13(2)25-17/h5-12,14H,4H2,1-3H3,(H2,20,21,23)/b12-8-/t14-/m1/s1. The van der Waals surface area contributed by atoms with Crippen molar-refractivity contribution < 1.29 is 18.7 Å². The van der Waals surface area contributed by atoms with Crippen molar-refractivity contribution in [3.05, 3.63) is 59.6 Å². The van der Waals surface area contributed by atoms with Crippen LogP contribution in [0.5, 0.6) is 0 Å². The molecule has 0 aliphatic heterocycles. The molecule has 2 rings (SSSR count). The lowest BCUT2D eigenvalue weighted by Gasteiger charge is -2.12. The van der Waals surface area contributed by atoms with Gasteiger partial charge in [0, 0.05) is 11.8 Å². The third-order valence-electron chi connectivity index (χ3n) is 3.40. The maximum atomic E-state index is 12.0. The van der Waals surface area contributed by atoms with Gasteiger partial charge in [-0.15, -0.1) is 0 Å². The van der Waals surface area contributed by atoms with Crippen LogP contribution in [0.2, 0.25) is 0 Å². The molecule has 1 aromatic carbocycles. The third kappa shape index (κ3) is 5.84. The molecule has 0 saturated carbocycles. The van der Waals surface area contributed by atoms with Gasteiger partial charge in [-0.3, -0.25) is 0 Å². The summed E-state index contributed by atoms with van der Waals surface area (Å²) < 4.78 is 10.3. The number of anilines is 1. The number of benzene rings is 1. The van der Waals surface area contributed by atoms with E-state index in [-0.39, 0.29) is 18.0 Å². The number of aryl methyl sites for hydroxylation is 1. The Bertz CT molecular complexity index is 747. The van der Waals surface area contributed by atoms with Crippen LogP contribution in [0.4, 0.5) is 10.5 Å². The number of hydrogen-bond acceptors (Lipinski definition) is 4. The second-order valence-electron chi connectivity index (χ2n) is 5.48. The normalized spacial score (nSPS) is 12.0. The summed E-state index contributed by atoms with van der Waals surface area (Å²) in [6, 6.07) is 10.2. The number of carbonyl (C=O) groups is 2. The Hall–Kier alpha value is -3.02. The highest BCUT2D eigenvalue weighted by molar-refractivity contribution is 5.90. The first kappa shape index (κ1) is 18.3. The van der Waals surface area contributed by atoms with Gasteiger partial charge in [0.05, 0.1) is 12.6 Å². The Morgan fingerprint density at radius 1 is 1.20 bits per heavy atom. The Morgan fingerprint density at radius 3 is 2.52 bits per heavy atom. The van der Waals surface area contributed by atoms with E-state index in [9.17, 15) is 9.59 Å². The fourth-order valence-corrected chi connectivity index (χ4v) is 2.15. The first-order valence-corrected chi connectivity index (χ1v) is 8.06. The van der Waals surface area contributed by atoms with Crippen LogP contribution in [0, 0.1) is 6.92 Å². The van der Waals surface area contributed by atoms with Crippen LogP contribution in [0.1, 0.15) is 37.0 Å². The van der Waals surface area contributed by atoms with Crippen molar-refractivity contribution in [2.75, 3.05) is 11.9 Å². The molecule has 2 amide bonds. The van der Waals surface area contributed by atoms with Gasteiger partial charge in [-0.2, -0.15) is 0 Å². The van der Waals surface area contributed by atoms with Gasteiger partial charge in [0.15, 0.2) is 0 Å². The monoisotopic (exact) mass is 342 g/mol. The van der Waals surface area contributed by atoms with Gasteiger partial charge >= 0.3 is 12.0 Å². The molecule has 6 heteroatoms. The predicted molar refractivity (Wildman–Crippen MR) is 96.1 cm³/mol. The van der Waals surface area contributed by atoms with Crippen molar-refractivity contribution in [2.24, 2.45) is 0 Å². The largest absolute Gasteiger partial charge is 0.464 e. The highest BCUT2D eigenvalue weighted by Gasteiger charge is 2.12. The molecule has 0 aliphatic rings. The number of nitrogens with one attached hydrogen (secondary N) is 2. The van der Waals surface area contributed by atoms with Crippen molar-refractivity contribution in [1.29, 1.82) is 0 Å². The fourth-order valence-electron chi connectivity index (χ4n) is 2.15. The molecule has 1 atom stereocenters. The molecule has 2 N–H and O–H groups in total. The van der Waals surface area contributed by atoms with Gasteiger partial charge in [-0.25, -0.2) is 9.59 Å². The summed E-state index contributed by atoms with van der Waals surface area (Å²) in [6.07, 6.45) is 3.02. The van der Waals surface area contributed by atoms with Gasteiger partial charge in [0.2, 0.25) is 0 Å². The van der Waals surface area contributed by atoms with E-state index in [0.717, 1.165) is 11.3 Å². The van der Waals surface area contributed by atoms with Crippen molar-refractivity contribution in [2.45, 2.75) is 26.8 Å². The molecular weight excluding hydrogens is 320 g/mol. The molecular formula is C19H22N2O4. The van der Waals surface area contributed by atoms with Gasteiger partial charge in [-0.1, -0.05) is 12.1 Å². The molecule has 0 aliphatic carbocycles. The summed E-state index contributed by atoms with van der Waals surface area (Å²) in [5, 5.41) is 5.56. The van der Waals surface area contributed by atoms with Crippen LogP contribution < -0.4 is 10.6 Å². The first-order chi connectivity index (χ1) is 12.0. The van der Waals surface area contributed by atoms with Crippen LogP contribution in [0.3, 0.4) is 0 Å². The molecule has 0 unspecified atom stereocenters. The van der Waals surface area contributed by atoms with Crippen molar-refractivity contribution >= 4 is 23.8 Å². The molecule has 0 bridgehead atoms. The molecule has 25 heavy (non-hydrogen) atoms. The number of amides is 2. The van der Waals surface area contributed by atoms with Crippen LogP contribution in [0.15, 0.2) is 46.9 Å². The van der Waals surface area contributed by atoms with Crippen molar-refractivity contribution in [1.82, 2.24) is 5.32 Å². The van der Waals surface area contributed by atoms with E-state index < -0.39 is 0 Å². The molecule has 0 saturated heterocycles. The minimum absolute atomic E-state index is 0.236. The van der Waals surface area contributed by atoms with Crippen LogP contribution in [-0.2, 0) is 9.53 Å². The Kier molecular flexibility index (Phi) is 6.39. The van der Waals surface area contributed by atoms with Crippen molar-refractivity contribution in [3.63, 3.8) is 0 Å². The highest BCUT2D eigenvalue weighted by atomic mass is 16.5. The molecule has 132 valence electrons. The molecule has 2 aromatic rings. The first-order valence-electron chi connectivity index (χ1n) is 8.06. The average Bonchev–Trinajstić information content (AvgIpc) is 3.01. The second kappa shape index (κ2) is 8.73. The Labute approximate surface area is 146 Å². The topological polar surface area (TPSA) is 80.6 Å². The van der Waals surface area contributed by atoms with E-state index in [1.54, 1.807) is 37.3 Å². The lowest BCUT2D eigenvalue weighted by Crippen LogP contribution is -2.30. The van der Waals surface area contributed by atoms with E-state index in [0.29, 0.717) is 18.1 Å². The Morgan fingerprint density at radius 2 is 1.92 bits per heavy atom. The number of esters is 1. The van der Waals surface area contributed by atoms with Crippen LogP contribution in [-0.4, -0.2) is 18.6 Å². The zero-order chi connectivity index (χ0) is 18.2. The number of carbonyl (C=O) groups excluding carboxylic acids is 2. The van der Waals surface area contributed by atoms with E-state index >= 15 is 0 Å². The summed E-state index contributed by atoms with van der Waals surface area (Å²) in [7, 11) is 0. The summed E-state index contributed by atoms with van der Waals surface area (Å²) in [5.74, 6) is 1.12. The van der Waals surface area contributed by atoms with Gasteiger partial charge < -0.3 is 19.8 Å². The zero-order valence-corrected chi connectivity index (χ0v) is 14.5. The minimum atomic E-state index is -0.383. The van der Waals surface area contributed by atoms with Crippen molar-refractivity contribution in [3.8, 4) is 0 Å². The number of rotatable bonds is 6. The minimum Gasteiger partial charge on any atom is -0.464 e. The summed E-state index contributed by atoms with van der Waals surface area (Å²) in [4.78, 5) is 23.3. The van der Waals surface area contributed by atoms with Gasteiger partial charge in [0.1, 0.15) is 11.5 Å². The fraction of sp³-hybridized carbons (Fsp3) is 0.263. The highest BCUT2D eigenvalue weighted by Crippen LogP contribution is 2.16. The summed E-state index contributed by atoms with van der Waals surface area (Å²) in [5.41, 5.74) is 1.48. The molecule has 6 nitrogen and oxygen atoms in total. The average molecular weight is 342 g/mol. The summed E-state index contributed by atoms with van der Waals surface area (Å²) in [6.45, 7) is 5.80. The maximum Gasteiger partial charge on any atom is 0.330 e. The van der Waals surface area contributed by atoms with Gasteiger partial charge in [-0.05, 0) is 56.7 Å². The predicted octanol–water partition coefficient (Wildman–Crippen LogP) is 4.05. The van der Waals surface area contributed by atoms with E-state index in [4.69, 9.17) is 9.15 Å². The molecule has 1 aromatic heterocycles. The van der Waals surface area contributed by atoms with Gasteiger partial charge in [0.25, 0.3) is 0 Å². The lowest BCUT2D eigenvalue weighted by atomic mass is 10.2. The van der Waals surface area contributed by atoms with Crippen LogP contribution in [0.25, 0.3) is 6.08 Å². The molecule has 1 heterocycles. The maximum absolute atomic E-state index is 12.0. The number of hydrogen-bond donors (Lipinski definition) is 2. The SMILES string of the molecule is CCOC(=O)/C=C\c1ccc(NC(=O)N[C@H](C)c2ccc(C)o2)cc1. The summed E-state index contributed by atoms with van der Waals surface area (Å²) >= 11 is 0.